The molecule has 0 atom stereocenters. The molecule has 2 amide bonds. The van der Waals surface area contributed by atoms with Crippen LogP contribution in [0.15, 0.2) is 23.6 Å². The molecule has 2 aromatic rings. The van der Waals surface area contributed by atoms with Crippen LogP contribution in [0.2, 0.25) is 0 Å². The van der Waals surface area contributed by atoms with E-state index in [0.717, 1.165) is 6.42 Å². The van der Waals surface area contributed by atoms with Gasteiger partial charge >= 0.3 is 0 Å². The summed E-state index contributed by atoms with van der Waals surface area (Å²) in [6.45, 7) is 0.698. The summed E-state index contributed by atoms with van der Waals surface area (Å²) in [6.07, 6.45) is 1.56. The molecular formula is C16H18N4O3S. The lowest BCUT2D eigenvalue weighted by molar-refractivity contribution is -0.117. The van der Waals surface area contributed by atoms with Gasteiger partial charge in [-0.25, -0.2) is 4.98 Å². The zero-order valence-corrected chi connectivity index (χ0v) is 14.1. The number of hydrogen-bond acceptors (Lipinski definition) is 6. The fourth-order valence-electron chi connectivity index (χ4n) is 2.53. The number of methoxy groups -OCH3 is 1. The van der Waals surface area contributed by atoms with Gasteiger partial charge in [-0.3, -0.25) is 14.5 Å². The summed E-state index contributed by atoms with van der Waals surface area (Å²) < 4.78 is 5.08. The normalized spacial score (nSPS) is 14.0. The van der Waals surface area contributed by atoms with E-state index in [-0.39, 0.29) is 18.2 Å². The molecule has 1 saturated heterocycles. The Labute approximate surface area is 143 Å². The van der Waals surface area contributed by atoms with Crippen LogP contribution in [0, 0.1) is 0 Å². The van der Waals surface area contributed by atoms with Crippen LogP contribution in [-0.2, 0) is 16.0 Å². The standard InChI is InChI=1S/C16H18N4O3S/c1-23-13-5-4-10(7-12(13)17)18-14(21)8-11-9-24-16(19-11)20-6-2-3-15(20)22/h4-5,7,9H,2-3,6,8,17H2,1H3,(H,18,21). The quantitative estimate of drug-likeness (QED) is 0.808. The molecule has 126 valence electrons. The van der Waals surface area contributed by atoms with Crippen LogP contribution in [0.4, 0.5) is 16.5 Å². The Morgan fingerprint density at radius 1 is 1.50 bits per heavy atom. The second kappa shape index (κ2) is 6.88. The molecular weight excluding hydrogens is 328 g/mol. The third kappa shape index (κ3) is 3.48. The number of carbonyl (C=O) groups excluding carboxylic acids is 2. The van der Waals surface area contributed by atoms with Crippen molar-refractivity contribution in [3.63, 3.8) is 0 Å². The molecule has 0 aliphatic carbocycles. The van der Waals surface area contributed by atoms with Crippen LogP contribution in [0.25, 0.3) is 0 Å². The van der Waals surface area contributed by atoms with Crippen LogP contribution in [-0.4, -0.2) is 30.5 Å². The van der Waals surface area contributed by atoms with Gasteiger partial charge in [-0.1, -0.05) is 0 Å². The van der Waals surface area contributed by atoms with E-state index in [1.807, 2.05) is 5.38 Å². The zero-order valence-electron chi connectivity index (χ0n) is 13.2. The number of ether oxygens (including phenoxy) is 1. The molecule has 3 rings (SSSR count). The largest absolute Gasteiger partial charge is 0.495 e. The van der Waals surface area contributed by atoms with Crippen molar-refractivity contribution in [1.82, 2.24) is 4.98 Å². The first kappa shape index (κ1) is 16.3. The fraction of sp³-hybridized carbons (Fsp3) is 0.312. The summed E-state index contributed by atoms with van der Waals surface area (Å²) in [7, 11) is 1.54. The number of aromatic nitrogens is 1. The Hall–Kier alpha value is -2.61. The number of anilines is 3. The third-order valence-electron chi connectivity index (χ3n) is 3.70. The highest BCUT2D eigenvalue weighted by atomic mass is 32.1. The lowest BCUT2D eigenvalue weighted by atomic mass is 10.2. The number of amides is 2. The van der Waals surface area contributed by atoms with Crippen LogP contribution in [0.3, 0.4) is 0 Å². The molecule has 1 aliphatic heterocycles. The molecule has 0 unspecified atom stereocenters. The Kier molecular flexibility index (Phi) is 4.66. The lowest BCUT2D eigenvalue weighted by Crippen LogP contribution is -2.23. The molecule has 0 radical (unpaired) electrons. The summed E-state index contributed by atoms with van der Waals surface area (Å²) in [4.78, 5) is 29.9. The molecule has 7 nitrogen and oxygen atoms in total. The molecule has 0 bridgehead atoms. The molecule has 3 N–H and O–H groups in total. The molecule has 24 heavy (non-hydrogen) atoms. The predicted molar refractivity (Wildman–Crippen MR) is 93.4 cm³/mol. The average Bonchev–Trinajstić information content (AvgIpc) is 3.16. The first-order valence-electron chi connectivity index (χ1n) is 7.55. The highest BCUT2D eigenvalue weighted by molar-refractivity contribution is 7.14. The molecule has 0 spiro atoms. The van der Waals surface area contributed by atoms with Gasteiger partial charge in [0.2, 0.25) is 11.8 Å². The van der Waals surface area contributed by atoms with Crippen molar-refractivity contribution in [2.45, 2.75) is 19.3 Å². The van der Waals surface area contributed by atoms with Crippen LogP contribution >= 0.6 is 11.3 Å². The number of nitrogens with one attached hydrogen (secondary N) is 1. The molecule has 0 saturated carbocycles. The Bertz CT molecular complexity index is 774. The topological polar surface area (TPSA) is 97.5 Å². The molecule has 1 aliphatic rings. The fourth-order valence-corrected chi connectivity index (χ4v) is 3.40. The van der Waals surface area contributed by atoms with E-state index < -0.39 is 0 Å². The number of carbonyl (C=O) groups is 2. The van der Waals surface area contributed by atoms with Gasteiger partial charge in [0, 0.05) is 24.0 Å². The monoisotopic (exact) mass is 346 g/mol. The van der Waals surface area contributed by atoms with Gasteiger partial charge in [0.15, 0.2) is 5.13 Å². The van der Waals surface area contributed by atoms with Crippen LogP contribution < -0.4 is 20.7 Å². The molecule has 1 fully saturated rings. The minimum absolute atomic E-state index is 0.0917. The maximum atomic E-state index is 12.1. The van der Waals surface area contributed by atoms with Gasteiger partial charge in [-0.2, -0.15) is 0 Å². The first-order valence-corrected chi connectivity index (χ1v) is 8.43. The number of nitrogen functional groups attached to an aromatic ring is 1. The zero-order chi connectivity index (χ0) is 17.1. The molecule has 8 heteroatoms. The highest BCUT2D eigenvalue weighted by Gasteiger charge is 2.24. The van der Waals surface area contributed by atoms with Gasteiger partial charge in [0.05, 0.1) is 24.9 Å². The average molecular weight is 346 g/mol. The number of thiazole rings is 1. The Morgan fingerprint density at radius 3 is 3.00 bits per heavy atom. The number of nitrogens with zero attached hydrogens (tertiary/aromatic N) is 2. The molecule has 1 aromatic carbocycles. The van der Waals surface area contributed by atoms with E-state index in [9.17, 15) is 9.59 Å². The van der Waals surface area contributed by atoms with E-state index >= 15 is 0 Å². The lowest BCUT2D eigenvalue weighted by Gasteiger charge is -2.10. The first-order chi connectivity index (χ1) is 11.6. The van der Waals surface area contributed by atoms with E-state index in [0.29, 0.717) is 40.9 Å². The maximum Gasteiger partial charge on any atom is 0.230 e. The smallest absolute Gasteiger partial charge is 0.230 e. The summed E-state index contributed by atoms with van der Waals surface area (Å²) in [5, 5.41) is 5.25. The van der Waals surface area contributed by atoms with E-state index in [1.54, 1.807) is 23.1 Å². The third-order valence-corrected chi connectivity index (χ3v) is 4.61. The maximum absolute atomic E-state index is 12.1. The summed E-state index contributed by atoms with van der Waals surface area (Å²) in [5.41, 5.74) is 7.53. The Balaban J connectivity index is 1.62. The number of hydrogen-bond donors (Lipinski definition) is 2. The van der Waals surface area contributed by atoms with Gasteiger partial charge in [0.25, 0.3) is 0 Å². The highest BCUT2D eigenvalue weighted by Crippen LogP contribution is 2.26. The number of nitrogens with two attached hydrogens (primary N) is 1. The van der Waals surface area contributed by atoms with Crippen molar-refractivity contribution >= 4 is 39.7 Å². The van der Waals surface area contributed by atoms with Gasteiger partial charge in [-0.05, 0) is 24.6 Å². The van der Waals surface area contributed by atoms with Crippen LogP contribution in [0.5, 0.6) is 5.75 Å². The van der Waals surface area contributed by atoms with Crippen LogP contribution in [0.1, 0.15) is 18.5 Å². The SMILES string of the molecule is COc1ccc(NC(=O)Cc2csc(N3CCCC3=O)n2)cc1N. The predicted octanol–water partition coefficient (Wildman–Crippen LogP) is 2.04. The minimum Gasteiger partial charge on any atom is -0.495 e. The van der Waals surface area contributed by atoms with Crippen molar-refractivity contribution in [3.05, 3.63) is 29.3 Å². The van der Waals surface area contributed by atoms with Crippen molar-refractivity contribution in [2.75, 3.05) is 29.6 Å². The summed E-state index contributed by atoms with van der Waals surface area (Å²) in [5.74, 6) is 0.464. The minimum atomic E-state index is -0.191. The van der Waals surface area contributed by atoms with Crippen molar-refractivity contribution in [3.8, 4) is 5.75 Å². The second-order valence-corrected chi connectivity index (χ2v) is 6.29. The number of benzene rings is 1. The van der Waals surface area contributed by atoms with Crippen molar-refractivity contribution < 1.29 is 14.3 Å². The van der Waals surface area contributed by atoms with E-state index in [1.165, 1.54) is 18.4 Å². The second-order valence-electron chi connectivity index (χ2n) is 5.45. The summed E-state index contributed by atoms with van der Waals surface area (Å²) in [6, 6.07) is 5.07. The Morgan fingerprint density at radius 2 is 2.33 bits per heavy atom. The molecule has 1 aromatic heterocycles. The van der Waals surface area contributed by atoms with Crippen molar-refractivity contribution in [2.24, 2.45) is 0 Å². The van der Waals surface area contributed by atoms with Gasteiger partial charge in [-0.15, -0.1) is 11.3 Å². The van der Waals surface area contributed by atoms with E-state index in [2.05, 4.69) is 10.3 Å². The molecule has 2 heterocycles. The van der Waals surface area contributed by atoms with Gasteiger partial charge < -0.3 is 15.8 Å². The number of rotatable bonds is 5. The van der Waals surface area contributed by atoms with E-state index in [4.69, 9.17) is 10.5 Å². The summed E-state index contributed by atoms with van der Waals surface area (Å²) >= 11 is 1.38. The van der Waals surface area contributed by atoms with Gasteiger partial charge in [0.1, 0.15) is 5.75 Å². The van der Waals surface area contributed by atoms with Crippen molar-refractivity contribution in [1.29, 1.82) is 0 Å².